The van der Waals surface area contributed by atoms with Crippen LogP contribution in [0.3, 0.4) is 0 Å². The largest absolute Gasteiger partial charge is 0.481 e. The molecule has 1 aliphatic rings. The normalized spacial score (nSPS) is 23.9. The third kappa shape index (κ3) is 6.97. The smallest absolute Gasteiger partial charge is 0.305 e. The van der Waals surface area contributed by atoms with Crippen molar-refractivity contribution in [3.05, 3.63) is 0 Å². The Morgan fingerprint density at radius 3 is 2.33 bits per heavy atom. The molecule has 0 aromatic carbocycles. The minimum Gasteiger partial charge on any atom is -0.481 e. The van der Waals surface area contributed by atoms with E-state index in [1.807, 2.05) is 0 Å². The van der Waals surface area contributed by atoms with Crippen LogP contribution in [0, 0.1) is 0 Å². The van der Waals surface area contributed by atoms with Gasteiger partial charge in [-0.05, 0) is 19.3 Å². The average Bonchev–Trinajstić information content (AvgIpc) is 3.03. The van der Waals surface area contributed by atoms with Crippen LogP contribution in [0.25, 0.3) is 0 Å². The third-order valence-corrected chi connectivity index (χ3v) is 3.47. The molecule has 3 unspecified atom stereocenters. The van der Waals surface area contributed by atoms with Crippen LogP contribution >= 0.6 is 0 Å². The number of hydrogen-bond donors (Lipinski definition) is 2. The van der Waals surface area contributed by atoms with E-state index in [0.717, 1.165) is 19.3 Å². The summed E-state index contributed by atoms with van der Waals surface area (Å²) in [6.07, 6.45) is 8.58. The minimum absolute atomic E-state index is 0.139. The lowest BCUT2D eigenvalue weighted by molar-refractivity contribution is -0.139. The summed E-state index contributed by atoms with van der Waals surface area (Å²) < 4.78 is 5.58. The third-order valence-electron chi connectivity index (χ3n) is 3.47. The van der Waals surface area contributed by atoms with Gasteiger partial charge in [-0.25, -0.2) is 0 Å². The second-order valence-electron chi connectivity index (χ2n) is 5.24. The van der Waals surface area contributed by atoms with Gasteiger partial charge in [0.05, 0.1) is 24.7 Å². The van der Waals surface area contributed by atoms with Crippen molar-refractivity contribution in [3.63, 3.8) is 0 Å². The zero-order valence-corrected chi connectivity index (χ0v) is 11.3. The van der Waals surface area contributed by atoms with E-state index >= 15 is 0 Å². The lowest BCUT2D eigenvalue weighted by Gasteiger charge is -2.06. The number of aliphatic hydroxyl groups excluding tert-OH is 1. The van der Waals surface area contributed by atoms with E-state index in [1.54, 1.807) is 0 Å². The van der Waals surface area contributed by atoms with Gasteiger partial charge in [-0.1, -0.05) is 39.0 Å². The molecule has 1 saturated heterocycles. The number of epoxide rings is 1. The molecule has 106 valence electrons. The van der Waals surface area contributed by atoms with Gasteiger partial charge < -0.3 is 14.9 Å². The Balaban J connectivity index is 1.89. The van der Waals surface area contributed by atoms with Crippen LogP contribution in [0.15, 0.2) is 0 Å². The van der Waals surface area contributed by atoms with Crippen molar-refractivity contribution in [2.45, 2.75) is 83.0 Å². The highest BCUT2D eigenvalue weighted by Crippen LogP contribution is 2.31. The number of unbranched alkanes of at least 4 members (excludes halogenated alkanes) is 3. The Hall–Kier alpha value is -0.610. The first kappa shape index (κ1) is 15.4. The maximum absolute atomic E-state index is 10.3. The molecule has 1 heterocycles. The minimum atomic E-state index is -0.927. The lowest BCUT2D eigenvalue weighted by Crippen LogP contribution is -2.12. The van der Waals surface area contributed by atoms with Crippen LogP contribution in [0.2, 0.25) is 0 Å². The van der Waals surface area contributed by atoms with Crippen LogP contribution in [-0.2, 0) is 9.53 Å². The Morgan fingerprint density at radius 2 is 1.78 bits per heavy atom. The molecule has 0 radical (unpaired) electrons. The van der Waals surface area contributed by atoms with Crippen LogP contribution in [0.4, 0.5) is 0 Å². The summed E-state index contributed by atoms with van der Waals surface area (Å²) in [6.45, 7) is 2.20. The Bertz CT molecular complexity index is 242. The van der Waals surface area contributed by atoms with Crippen molar-refractivity contribution in [2.24, 2.45) is 0 Å². The summed E-state index contributed by atoms with van der Waals surface area (Å²) in [4.78, 5) is 10.3. The summed E-state index contributed by atoms with van der Waals surface area (Å²) in [7, 11) is 0. The number of ether oxygens (including phenoxy) is 1. The molecule has 4 heteroatoms. The van der Waals surface area contributed by atoms with E-state index < -0.39 is 12.1 Å². The van der Waals surface area contributed by atoms with Crippen molar-refractivity contribution in [1.29, 1.82) is 0 Å². The van der Waals surface area contributed by atoms with Crippen LogP contribution < -0.4 is 0 Å². The SMILES string of the molecule is CCCCCC1OC1CCCCC(O)CC(=O)O. The lowest BCUT2D eigenvalue weighted by atomic mass is 10.0. The van der Waals surface area contributed by atoms with Gasteiger partial charge in [0.2, 0.25) is 0 Å². The van der Waals surface area contributed by atoms with E-state index in [2.05, 4.69) is 6.92 Å². The summed E-state index contributed by atoms with van der Waals surface area (Å²) in [5.74, 6) is -0.927. The molecule has 0 saturated carbocycles. The molecular weight excluding hydrogens is 232 g/mol. The standard InChI is InChI=1S/C14H26O4/c1-2-3-4-8-12-13(18-12)9-6-5-7-11(15)10-14(16)17/h11-13,15H,2-10H2,1H3,(H,16,17). The van der Waals surface area contributed by atoms with Gasteiger partial charge in [0, 0.05) is 0 Å². The molecule has 1 fully saturated rings. The Kier molecular flexibility index (Phi) is 7.28. The van der Waals surface area contributed by atoms with Gasteiger partial charge in [0.1, 0.15) is 0 Å². The highest BCUT2D eigenvalue weighted by molar-refractivity contribution is 5.67. The van der Waals surface area contributed by atoms with E-state index in [-0.39, 0.29) is 6.42 Å². The predicted octanol–water partition coefficient (Wildman–Crippen LogP) is 2.73. The molecule has 18 heavy (non-hydrogen) atoms. The van der Waals surface area contributed by atoms with Crippen molar-refractivity contribution >= 4 is 5.97 Å². The molecule has 0 spiro atoms. The summed E-state index contributed by atoms with van der Waals surface area (Å²) in [5, 5.41) is 17.9. The summed E-state index contributed by atoms with van der Waals surface area (Å²) in [5.41, 5.74) is 0. The van der Waals surface area contributed by atoms with Crippen molar-refractivity contribution < 1.29 is 19.7 Å². The van der Waals surface area contributed by atoms with Crippen molar-refractivity contribution in [1.82, 2.24) is 0 Å². The summed E-state index contributed by atoms with van der Waals surface area (Å²) in [6, 6.07) is 0. The molecule has 0 aromatic rings. The molecule has 0 aliphatic carbocycles. The van der Waals surface area contributed by atoms with Crippen molar-refractivity contribution in [3.8, 4) is 0 Å². The van der Waals surface area contributed by atoms with Crippen LogP contribution in [0.1, 0.15) is 64.7 Å². The van der Waals surface area contributed by atoms with Crippen LogP contribution in [0.5, 0.6) is 0 Å². The molecular formula is C14H26O4. The molecule has 3 atom stereocenters. The zero-order chi connectivity index (χ0) is 13.4. The highest BCUT2D eigenvalue weighted by Gasteiger charge is 2.36. The molecule has 1 rings (SSSR count). The molecule has 1 aliphatic heterocycles. The first-order valence-corrected chi connectivity index (χ1v) is 7.18. The molecule has 0 bridgehead atoms. The van der Waals surface area contributed by atoms with Crippen LogP contribution in [-0.4, -0.2) is 34.5 Å². The Morgan fingerprint density at radius 1 is 1.17 bits per heavy atom. The number of hydrogen-bond acceptors (Lipinski definition) is 3. The highest BCUT2D eigenvalue weighted by atomic mass is 16.6. The van der Waals surface area contributed by atoms with Gasteiger partial charge in [-0.15, -0.1) is 0 Å². The number of carboxylic acid groups (broad SMARTS) is 1. The Labute approximate surface area is 109 Å². The molecule has 0 aromatic heterocycles. The molecule has 4 nitrogen and oxygen atoms in total. The van der Waals surface area contributed by atoms with Gasteiger partial charge >= 0.3 is 5.97 Å². The monoisotopic (exact) mass is 258 g/mol. The van der Waals surface area contributed by atoms with E-state index in [4.69, 9.17) is 9.84 Å². The van der Waals surface area contributed by atoms with E-state index in [9.17, 15) is 9.90 Å². The fourth-order valence-electron chi connectivity index (χ4n) is 2.31. The average molecular weight is 258 g/mol. The van der Waals surface area contributed by atoms with Gasteiger partial charge in [-0.3, -0.25) is 4.79 Å². The number of rotatable bonds is 11. The van der Waals surface area contributed by atoms with Gasteiger partial charge in [0.15, 0.2) is 0 Å². The van der Waals surface area contributed by atoms with Crippen molar-refractivity contribution in [2.75, 3.05) is 0 Å². The van der Waals surface area contributed by atoms with E-state index in [1.165, 1.54) is 25.7 Å². The number of carbonyl (C=O) groups is 1. The maximum atomic E-state index is 10.3. The summed E-state index contributed by atoms with van der Waals surface area (Å²) >= 11 is 0. The second kappa shape index (κ2) is 8.48. The maximum Gasteiger partial charge on any atom is 0.305 e. The fourth-order valence-corrected chi connectivity index (χ4v) is 2.31. The number of aliphatic hydroxyl groups is 1. The van der Waals surface area contributed by atoms with E-state index in [0.29, 0.717) is 18.6 Å². The zero-order valence-electron chi connectivity index (χ0n) is 11.3. The molecule has 2 N–H and O–H groups in total. The quantitative estimate of drug-likeness (QED) is 0.441. The van der Waals surface area contributed by atoms with Gasteiger partial charge in [-0.2, -0.15) is 0 Å². The topological polar surface area (TPSA) is 70.1 Å². The molecule has 0 amide bonds. The van der Waals surface area contributed by atoms with Gasteiger partial charge in [0.25, 0.3) is 0 Å². The second-order valence-corrected chi connectivity index (χ2v) is 5.24. The number of aliphatic carboxylic acids is 1. The fraction of sp³-hybridized carbons (Fsp3) is 0.929. The predicted molar refractivity (Wildman–Crippen MR) is 69.5 cm³/mol. The first-order valence-electron chi connectivity index (χ1n) is 7.18. The number of carboxylic acids is 1. The first-order chi connectivity index (χ1) is 8.63.